The summed E-state index contributed by atoms with van der Waals surface area (Å²) < 4.78 is 109. The van der Waals surface area contributed by atoms with E-state index in [1.165, 1.54) is 118 Å². The number of nitrogen functional groups attached to an aromatic ring is 2. The van der Waals surface area contributed by atoms with Crippen LogP contribution in [0.15, 0.2) is 96.9 Å². The molecule has 3 aliphatic carbocycles. The number of thiophene rings is 3. The number of esters is 4. The van der Waals surface area contributed by atoms with Crippen LogP contribution in [-0.2, 0) is 77.1 Å². The number of fused-ring (bicyclic) bond motifs is 1. The lowest BCUT2D eigenvalue weighted by Crippen LogP contribution is -2.45. The van der Waals surface area contributed by atoms with Gasteiger partial charge >= 0.3 is 23.9 Å². The van der Waals surface area contributed by atoms with Gasteiger partial charge in [-0.15, -0.1) is 34.0 Å². The molecule has 10 N–H and O–H groups in total. The standard InChI is InChI=1S/C25H30N4O6S2.C24H32N4O6S2.C16H23N3O3.C9H13NO4S2.C7H16O3.2CH4/c1-15(2)37(33,34)19-13-36-22-21(19)27-14-29(24(22)31)18(11-16-7-5-4-6-8-16)23(30)28-20-10-9-17(12-26-20)25(32)35-3;1-14(2)36(32,33)18-13-35-21(20(18)25)23(30)27-17(11-15-7-5-4-6-8-15)22(29)28-19-10-9-16(12-26-19)24(31)34-3;1-22-16(21)12-7-8-14(18-10-12)19-15(20)13(17)9-11-5-3-2-4-6-11;1-5(2)16(12,13)6-4-15-8(7(6)10)9(11)14-3;1-4-8-7(9-5-2)10-6-3;;/h9-10,12-16,18H,4-8,11H2,1-3H3,(H,26,28,30);9-10,12-15,17H,4-8,11,25H2,1-3H3,(H,27,30)(H,26,28,29);7-8,10-11,13H,2-6,9,17H2,1H3,(H,18,19,20);4-5H,10H2,1-3H3;7H,4-6H2,1-3H3;2*1H4. The number of anilines is 5. The second kappa shape index (κ2) is 51.2. The highest BCUT2D eigenvalue weighted by Gasteiger charge is 2.35. The Labute approximate surface area is 733 Å². The minimum atomic E-state index is -3.66. The number of carbonyl (C=O) groups excluding carboxylic acids is 8. The third kappa shape index (κ3) is 30.3. The van der Waals surface area contributed by atoms with Gasteiger partial charge in [0, 0.05) is 54.6 Å². The molecular formula is C83H122N12O22S6. The number of rotatable bonds is 31. The number of nitrogens with two attached hydrogens (primary N) is 3. The van der Waals surface area contributed by atoms with Crippen molar-refractivity contribution < 1.29 is 96.8 Å². The molecule has 7 aromatic heterocycles. The second-order valence-electron chi connectivity index (χ2n) is 29.5. The van der Waals surface area contributed by atoms with Gasteiger partial charge in [-0.2, -0.15) is 0 Å². The summed E-state index contributed by atoms with van der Waals surface area (Å²) in [5, 5.41) is 13.2. The van der Waals surface area contributed by atoms with Gasteiger partial charge in [0.25, 0.3) is 17.9 Å². The number of hydrogen-bond donors (Lipinski definition) is 7. The molecule has 682 valence electrons. The Morgan fingerprint density at radius 1 is 0.472 bits per heavy atom. The fourth-order valence-electron chi connectivity index (χ4n) is 13.2. The van der Waals surface area contributed by atoms with Crippen LogP contribution in [0.25, 0.3) is 10.2 Å². The highest BCUT2D eigenvalue weighted by atomic mass is 32.2. The van der Waals surface area contributed by atoms with Crippen molar-refractivity contribution in [3.05, 3.63) is 114 Å². The highest BCUT2D eigenvalue weighted by Crippen LogP contribution is 2.37. The number of methoxy groups -OCH3 is 4. The van der Waals surface area contributed by atoms with Gasteiger partial charge in [0.15, 0.2) is 29.5 Å². The number of ether oxygens (including phenoxy) is 7. The van der Waals surface area contributed by atoms with E-state index < -0.39 is 117 Å². The Morgan fingerprint density at radius 3 is 1.21 bits per heavy atom. The number of nitrogens with one attached hydrogen (secondary N) is 4. The molecule has 40 heteroatoms. The van der Waals surface area contributed by atoms with Crippen LogP contribution in [0.5, 0.6) is 0 Å². The number of hydrogen-bond acceptors (Lipinski definition) is 32. The molecule has 7 heterocycles. The smallest absolute Gasteiger partial charge is 0.350 e. The third-order valence-electron chi connectivity index (χ3n) is 20.1. The molecule has 0 aliphatic heterocycles. The summed E-state index contributed by atoms with van der Waals surface area (Å²) in [6, 6.07) is 6.80. The SMILES string of the molecule is C.C.CCOC(OCC)OCC.COC(=O)c1ccc(NC(=O)C(CC2CCCCC2)NC(=O)c2scc(S(=O)(=O)C(C)C)c2N)nc1.COC(=O)c1ccc(NC(=O)C(CC2CCCCC2)n2cnc3c(S(=O)(=O)C(C)C)csc3c2=O)nc1.COC(=O)c1ccc(NC(=O)C(N)CC2CCCCC2)nc1.COC(=O)c1scc(S(=O)(=O)C(C)C)c1N. The van der Waals surface area contributed by atoms with E-state index >= 15 is 0 Å². The highest BCUT2D eigenvalue weighted by molar-refractivity contribution is 7.93. The van der Waals surface area contributed by atoms with Crippen molar-refractivity contribution in [3.8, 4) is 0 Å². The van der Waals surface area contributed by atoms with Gasteiger partial charge in [-0.3, -0.25) is 28.5 Å². The Balaban J connectivity index is 0.000000342. The largest absolute Gasteiger partial charge is 0.465 e. The molecule has 4 amide bonds. The van der Waals surface area contributed by atoms with Gasteiger partial charge in [-0.05, 0) is 136 Å². The zero-order valence-electron chi connectivity index (χ0n) is 70.5. The van der Waals surface area contributed by atoms with Crippen LogP contribution in [0, 0.1) is 17.8 Å². The van der Waals surface area contributed by atoms with Crippen molar-refractivity contribution in [1.82, 2.24) is 29.8 Å². The van der Waals surface area contributed by atoms with Crippen LogP contribution in [-0.4, -0.2) is 180 Å². The van der Waals surface area contributed by atoms with Crippen molar-refractivity contribution in [2.24, 2.45) is 23.5 Å². The first-order valence-electron chi connectivity index (χ1n) is 39.9. The Kier molecular flexibility index (Phi) is 44.2. The molecule has 0 spiro atoms. The van der Waals surface area contributed by atoms with E-state index in [-0.39, 0.29) is 101 Å². The molecular weight excluding hydrogens is 1710 g/mol. The number of sulfone groups is 3. The monoisotopic (exact) mass is 1830 g/mol. The molecule has 10 rings (SSSR count). The molecule has 3 fully saturated rings. The number of amides is 4. The molecule has 0 bridgehead atoms. The Hall–Kier alpha value is -9.26. The summed E-state index contributed by atoms with van der Waals surface area (Å²) in [7, 11) is -5.67. The predicted octanol–water partition coefficient (Wildman–Crippen LogP) is 13.4. The Morgan fingerprint density at radius 2 is 0.829 bits per heavy atom. The first kappa shape index (κ1) is 106. The maximum absolute atomic E-state index is 13.5. The molecule has 0 saturated heterocycles. The van der Waals surface area contributed by atoms with Gasteiger partial charge in [0.2, 0.25) is 17.7 Å². The second-order valence-corrected chi connectivity index (χ2v) is 39.5. The van der Waals surface area contributed by atoms with Gasteiger partial charge in [0.1, 0.15) is 64.2 Å². The molecule has 7 aromatic rings. The minimum Gasteiger partial charge on any atom is -0.465 e. The molecule has 123 heavy (non-hydrogen) atoms. The van der Waals surface area contributed by atoms with E-state index in [0.29, 0.717) is 56.4 Å². The van der Waals surface area contributed by atoms with Crippen LogP contribution >= 0.6 is 34.0 Å². The summed E-state index contributed by atoms with van der Waals surface area (Å²) in [6.45, 7) is 16.5. The quantitative estimate of drug-likeness (QED) is 0.0121. The zero-order chi connectivity index (χ0) is 89.5. The summed E-state index contributed by atoms with van der Waals surface area (Å²) in [4.78, 5) is 128. The van der Waals surface area contributed by atoms with Crippen LogP contribution in [0.2, 0.25) is 0 Å². The molecule has 0 aromatic carbocycles. The summed E-state index contributed by atoms with van der Waals surface area (Å²) in [5.41, 5.74) is 18.1. The minimum absolute atomic E-state index is 0. The zero-order valence-corrected chi connectivity index (χ0v) is 75.4. The van der Waals surface area contributed by atoms with E-state index in [4.69, 9.17) is 31.4 Å². The topological polar surface area (TPSA) is 503 Å². The third-order valence-corrected chi connectivity index (χ3v) is 30.0. The molecule has 34 nitrogen and oxygen atoms in total. The van der Waals surface area contributed by atoms with Crippen molar-refractivity contribution in [2.75, 3.05) is 75.7 Å². The van der Waals surface area contributed by atoms with Crippen LogP contribution in [0.4, 0.5) is 28.8 Å². The van der Waals surface area contributed by atoms with Crippen molar-refractivity contribution in [1.29, 1.82) is 0 Å². The number of pyridine rings is 3. The molecule has 3 saturated carbocycles. The van der Waals surface area contributed by atoms with Crippen LogP contribution in [0.1, 0.15) is 249 Å². The summed E-state index contributed by atoms with van der Waals surface area (Å²) in [5.74, 6) is -1.98. The number of carbonyl (C=O) groups is 8. The lowest BCUT2D eigenvalue weighted by molar-refractivity contribution is -0.282. The van der Waals surface area contributed by atoms with E-state index in [0.717, 1.165) is 111 Å². The molecule has 3 aliphatic rings. The van der Waals surface area contributed by atoms with Gasteiger partial charge in [-0.25, -0.2) is 64.4 Å². The number of nitrogens with zero attached hydrogens (tertiary/aromatic N) is 5. The molecule has 3 atom stereocenters. The van der Waals surface area contributed by atoms with E-state index in [9.17, 15) is 68.4 Å². The Bertz CT molecular complexity index is 4990. The fourth-order valence-corrected chi connectivity index (χ4v) is 20.5. The van der Waals surface area contributed by atoms with Crippen molar-refractivity contribution in [3.63, 3.8) is 0 Å². The van der Waals surface area contributed by atoms with E-state index in [1.54, 1.807) is 53.7 Å². The van der Waals surface area contributed by atoms with Crippen LogP contribution < -0.4 is 44.0 Å². The summed E-state index contributed by atoms with van der Waals surface area (Å²) in [6.07, 6.45) is 23.3. The first-order chi connectivity index (χ1) is 57.4. The fraction of sp³-hybridized carbons (Fsp3) is 0.554. The average molecular weight is 1830 g/mol. The molecule has 0 radical (unpaired) electrons. The predicted molar refractivity (Wildman–Crippen MR) is 476 cm³/mol. The number of aromatic nitrogens is 5. The maximum Gasteiger partial charge on any atom is 0.350 e. The normalized spacial score (nSPS) is 14.6. The van der Waals surface area contributed by atoms with E-state index in [2.05, 4.69) is 60.2 Å². The van der Waals surface area contributed by atoms with Gasteiger partial charge in [0.05, 0.1) is 84.6 Å². The van der Waals surface area contributed by atoms with Gasteiger partial charge < -0.3 is 71.6 Å². The van der Waals surface area contributed by atoms with Crippen molar-refractivity contribution >= 4 is 150 Å². The van der Waals surface area contributed by atoms with E-state index in [1.807, 2.05) is 20.8 Å². The summed E-state index contributed by atoms with van der Waals surface area (Å²) >= 11 is 2.93. The molecule has 3 unspecified atom stereocenters. The maximum atomic E-state index is 13.5. The lowest BCUT2D eigenvalue weighted by atomic mass is 9.84. The van der Waals surface area contributed by atoms with Crippen molar-refractivity contribution in [2.45, 2.75) is 248 Å². The average Bonchev–Trinajstić information content (AvgIpc) is 1.85. The van der Waals surface area contributed by atoms with Gasteiger partial charge in [-0.1, -0.05) is 111 Å². The first-order valence-corrected chi connectivity index (χ1v) is 47.2. The van der Waals surface area contributed by atoms with Crippen LogP contribution in [0.3, 0.4) is 0 Å². The lowest BCUT2D eigenvalue weighted by Gasteiger charge is -2.27.